The van der Waals surface area contributed by atoms with E-state index in [0.29, 0.717) is 6.04 Å². The van der Waals surface area contributed by atoms with E-state index < -0.39 is 0 Å². The summed E-state index contributed by atoms with van der Waals surface area (Å²) >= 11 is 0. The molecule has 2 unspecified atom stereocenters. The smallest absolute Gasteiger partial charge is 0.00818 e. The molecule has 0 amide bonds. The van der Waals surface area contributed by atoms with Crippen molar-refractivity contribution in [3.63, 3.8) is 0 Å². The topological polar surface area (TPSA) is 26.0 Å². The molecule has 0 saturated heterocycles. The van der Waals surface area contributed by atoms with Gasteiger partial charge in [0.05, 0.1) is 0 Å². The lowest BCUT2D eigenvalue weighted by atomic mass is 9.94. The highest BCUT2D eigenvalue weighted by Crippen LogP contribution is 2.14. The average Bonchev–Trinajstić information content (AvgIpc) is 2.21. The van der Waals surface area contributed by atoms with E-state index in [4.69, 9.17) is 5.73 Å². The third-order valence-corrected chi connectivity index (χ3v) is 3.11. The molecule has 0 aliphatic rings. The van der Waals surface area contributed by atoms with Crippen LogP contribution in [0.2, 0.25) is 0 Å². The molecule has 90 valence electrons. The molecule has 0 aliphatic carbocycles. The SMILES string of the molecule is CCCC(C)CC(N)Cc1ccc(C)cc1. The van der Waals surface area contributed by atoms with Gasteiger partial charge < -0.3 is 5.73 Å². The second-order valence-electron chi connectivity index (χ2n) is 5.08. The zero-order chi connectivity index (χ0) is 12.0. The summed E-state index contributed by atoms with van der Waals surface area (Å²) < 4.78 is 0. The molecular weight excluding hydrogens is 194 g/mol. The first-order valence-corrected chi connectivity index (χ1v) is 6.43. The van der Waals surface area contributed by atoms with Crippen molar-refractivity contribution in [3.05, 3.63) is 35.4 Å². The summed E-state index contributed by atoms with van der Waals surface area (Å²) in [5.41, 5.74) is 8.85. The maximum Gasteiger partial charge on any atom is 0.00818 e. The van der Waals surface area contributed by atoms with Gasteiger partial charge in [0.25, 0.3) is 0 Å². The highest BCUT2D eigenvalue weighted by atomic mass is 14.6. The van der Waals surface area contributed by atoms with Gasteiger partial charge in [-0.25, -0.2) is 0 Å². The van der Waals surface area contributed by atoms with Crippen LogP contribution in [0, 0.1) is 12.8 Å². The molecule has 0 aromatic heterocycles. The zero-order valence-electron chi connectivity index (χ0n) is 10.9. The summed E-state index contributed by atoms with van der Waals surface area (Å²) in [5.74, 6) is 0.755. The minimum atomic E-state index is 0.309. The zero-order valence-corrected chi connectivity index (χ0v) is 10.9. The van der Waals surface area contributed by atoms with Crippen LogP contribution < -0.4 is 5.73 Å². The normalized spacial score (nSPS) is 14.8. The minimum absolute atomic E-state index is 0.309. The predicted molar refractivity (Wildman–Crippen MR) is 71.5 cm³/mol. The van der Waals surface area contributed by atoms with E-state index in [9.17, 15) is 0 Å². The quantitative estimate of drug-likeness (QED) is 0.776. The van der Waals surface area contributed by atoms with Crippen molar-refractivity contribution >= 4 is 0 Å². The van der Waals surface area contributed by atoms with Crippen molar-refractivity contribution in [1.29, 1.82) is 0 Å². The van der Waals surface area contributed by atoms with Gasteiger partial charge >= 0.3 is 0 Å². The third-order valence-electron chi connectivity index (χ3n) is 3.11. The van der Waals surface area contributed by atoms with E-state index in [-0.39, 0.29) is 0 Å². The molecule has 2 atom stereocenters. The monoisotopic (exact) mass is 219 g/mol. The van der Waals surface area contributed by atoms with Crippen molar-refractivity contribution in [2.75, 3.05) is 0 Å². The van der Waals surface area contributed by atoms with Gasteiger partial charge in [-0.2, -0.15) is 0 Å². The van der Waals surface area contributed by atoms with E-state index >= 15 is 0 Å². The summed E-state index contributed by atoms with van der Waals surface area (Å²) in [6.07, 6.45) is 4.70. The van der Waals surface area contributed by atoms with E-state index in [0.717, 1.165) is 18.8 Å². The molecule has 16 heavy (non-hydrogen) atoms. The Morgan fingerprint density at radius 3 is 2.38 bits per heavy atom. The van der Waals surface area contributed by atoms with E-state index in [1.54, 1.807) is 0 Å². The summed E-state index contributed by atoms with van der Waals surface area (Å²) in [6, 6.07) is 9.03. The number of aryl methyl sites for hydroxylation is 1. The van der Waals surface area contributed by atoms with Gasteiger partial charge in [-0.05, 0) is 31.2 Å². The summed E-state index contributed by atoms with van der Waals surface area (Å²) in [4.78, 5) is 0. The van der Waals surface area contributed by atoms with Crippen LogP contribution in [0.1, 0.15) is 44.2 Å². The molecule has 2 N–H and O–H groups in total. The molecule has 0 heterocycles. The number of rotatable bonds is 6. The molecule has 1 heteroatoms. The summed E-state index contributed by atoms with van der Waals surface area (Å²) in [6.45, 7) is 6.66. The van der Waals surface area contributed by atoms with Gasteiger partial charge in [-0.1, -0.05) is 56.5 Å². The van der Waals surface area contributed by atoms with Crippen LogP contribution in [0.5, 0.6) is 0 Å². The molecule has 0 aliphatic heterocycles. The maximum atomic E-state index is 6.17. The first-order valence-electron chi connectivity index (χ1n) is 6.43. The third kappa shape index (κ3) is 4.80. The minimum Gasteiger partial charge on any atom is -0.327 e. The predicted octanol–water partition coefficient (Wildman–Crippen LogP) is 3.69. The van der Waals surface area contributed by atoms with Gasteiger partial charge in [0, 0.05) is 6.04 Å². The summed E-state index contributed by atoms with van der Waals surface area (Å²) in [7, 11) is 0. The Morgan fingerprint density at radius 1 is 1.19 bits per heavy atom. The standard InChI is InChI=1S/C15H25N/c1-4-5-13(3)10-15(16)11-14-8-6-12(2)7-9-14/h6-9,13,15H,4-5,10-11,16H2,1-3H3. The molecule has 1 aromatic carbocycles. The van der Waals surface area contributed by atoms with Gasteiger partial charge in [0.15, 0.2) is 0 Å². The van der Waals surface area contributed by atoms with E-state index in [2.05, 4.69) is 45.0 Å². The van der Waals surface area contributed by atoms with Crippen LogP contribution in [-0.4, -0.2) is 6.04 Å². The highest BCUT2D eigenvalue weighted by Gasteiger charge is 2.09. The Balaban J connectivity index is 2.39. The average molecular weight is 219 g/mol. The largest absolute Gasteiger partial charge is 0.327 e. The van der Waals surface area contributed by atoms with Crippen molar-refractivity contribution in [3.8, 4) is 0 Å². The number of nitrogens with two attached hydrogens (primary N) is 1. The van der Waals surface area contributed by atoms with Gasteiger partial charge in [-0.15, -0.1) is 0 Å². The molecule has 1 rings (SSSR count). The highest BCUT2D eigenvalue weighted by molar-refractivity contribution is 5.21. The number of hydrogen-bond donors (Lipinski definition) is 1. The molecular formula is C15H25N. The molecule has 0 saturated carbocycles. The number of benzene rings is 1. The Morgan fingerprint density at radius 2 is 1.81 bits per heavy atom. The van der Waals surface area contributed by atoms with Gasteiger partial charge in [-0.3, -0.25) is 0 Å². The van der Waals surface area contributed by atoms with Crippen molar-refractivity contribution in [1.82, 2.24) is 0 Å². The molecule has 1 nitrogen and oxygen atoms in total. The lowest BCUT2D eigenvalue weighted by molar-refractivity contribution is 0.431. The van der Waals surface area contributed by atoms with Gasteiger partial charge in [0.1, 0.15) is 0 Å². The fraction of sp³-hybridized carbons (Fsp3) is 0.600. The molecule has 0 spiro atoms. The van der Waals surface area contributed by atoms with Crippen molar-refractivity contribution in [2.24, 2.45) is 11.7 Å². The van der Waals surface area contributed by atoms with Crippen LogP contribution in [0.15, 0.2) is 24.3 Å². The summed E-state index contributed by atoms with van der Waals surface area (Å²) in [5, 5.41) is 0. The Labute approximate surface area is 100 Å². The van der Waals surface area contributed by atoms with Crippen LogP contribution >= 0.6 is 0 Å². The van der Waals surface area contributed by atoms with Crippen LogP contribution in [0.25, 0.3) is 0 Å². The second-order valence-corrected chi connectivity index (χ2v) is 5.08. The van der Waals surface area contributed by atoms with E-state index in [1.165, 1.54) is 24.0 Å². The van der Waals surface area contributed by atoms with Crippen molar-refractivity contribution < 1.29 is 0 Å². The van der Waals surface area contributed by atoms with E-state index in [1.807, 2.05) is 0 Å². The fourth-order valence-electron chi connectivity index (χ4n) is 2.24. The second kappa shape index (κ2) is 6.70. The fourth-order valence-corrected chi connectivity index (χ4v) is 2.24. The molecule has 0 radical (unpaired) electrons. The number of hydrogen-bond acceptors (Lipinski definition) is 1. The van der Waals surface area contributed by atoms with Crippen LogP contribution in [-0.2, 0) is 6.42 Å². The molecule has 1 aromatic rings. The van der Waals surface area contributed by atoms with Gasteiger partial charge in [0.2, 0.25) is 0 Å². The Hall–Kier alpha value is -0.820. The first-order chi connectivity index (χ1) is 7.61. The lowest BCUT2D eigenvalue weighted by Gasteiger charge is -2.16. The van der Waals surface area contributed by atoms with Crippen LogP contribution in [0.3, 0.4) is 0 Å². The molecule has 0 fully saturated rings. The Kier molecular flexibility index (Phi) is 5.54. The Bertz CT molecular complexity index is 289. The lowest BCUT2D eigenvalue weighted by Crippen LogP contribution is -2.25. The van der Waals surface area contributed by atoms with Crippen molar-refractivity contribution in [2.45, 2.75) is 52.5 Å². The molecule has 0 bridgehead atoms. The maximum absolute atomic E-state index is 6.17. The first kappa shape index (κ1) is 13.2. The van der Waals surface area contributed by atoms with Crippen LogP contribution in [0.4, 0.5) is 0 Å².